The molecule has 2 heterocycles. The largest absolute Gasteiger partial charge is 0.233 e. The van der Waals surface area contributed by atoms with E-state index in [2.05, 4.69) is 17.0 Å². The molecule has 0 radical (unpaired) electrons. The van der Waals surface area contributed by atoms with Gasteiger partial charge in [-0.05, 0) is 19.4 Å². The molecule has 0 atom stereocenters. The SMILES string of the molecule is CC.CCc1ccn2ncc(C)c2n1. The molecule has 0 spiro atoms. The summed E-state index contributed by atoms with van der Waals surface area (Å²) in [7, 11) is 0. The van der Waals surface area contributed by atoms with E-state index in [0.29, 0.717) is 0 Å². The van der Waals surface area contributed by atoms with E-state index in [9.17, 15) is 0 Å². The molecule has 0 aliphatic rings. The number of aryl methyl sites for hydroxylation is 2. The predicted molar refractivity (Wildman–Crippen MR) is 58.5 cm³/mol. The number of nitrogens with zero attached hydrogens (tertiary/aromatic N) is 3. The Balaban J connectivity index is 0.000000461. The maximum absolute atomic E-state index is 4.45. The average Bonchev–Trinajstić information content (AvgIpc) is 2.63. The predicted octanol–water partition coefficient (Wildman–Crippen LogP) is 2.63. The van der Waals surface area contributed by atoms with Gasteiger partial charge in [-0.1, -0.05) is 20.8 Å². The van der Waals surface area contributed by atoms with E-state index in [1.807, 2.05) is 39.2 Å². The third-order valence-electron chi connectivity index (χ3n) is 1.97. The molecule has 0 saturated heterocycles. The smallest absolute Gasteiger partial charge is 0.158 e. The van der Waals surface area contributed by atoms with E-state index >= 15 is 0 Å². The molecule has 14 heavy (non-hydrogen) atoms. The zero-order valence-electron chi connectivity index (χ0n) is 9.28. The number of hydrogen-bond donors (Lipinski definition) is 0. The summed E-state index contributed by atoms with van der Waals surface area (Å²) in [4.78, 5) is 4.45. The topological polar surface area (TPSA) is 30.2 Å². The molecule has 0 aromatic carbocycles. The van der Waals surface area contributed by atoms with Crippen molar-refractivity contribution in [3.63, 3.8) is 0 Å². The van der Waals surface area contributed by atoms with Gasteiger partial charge in [-0.25, -0.2) is 9.50 Å². The van der Waals surface area contributed by atoms with Crippen LogP contribution in [-0.2, 0) is 6.42 Å². The van der Waals surface area contributed by atoms with Gasteiger partial charge in [-0.15, -0.1) is 0 Å². The van der Waals surface area contributed by atoms with Crippen molar-refractivity contribution < 1.29 is 0 Å². The van der Waals surface area contributed by atoms with E-state index in [1.54, 1.807) is 4.52 Å². The van der Waals surface area contributed by atoms with Gasteiger partial charge in [0.15, 0.2) is 5.65 Å². The van der Waals surface area contributed by atoms with Crippen LogP contribution < -0.4 is 0 Å². The van der Waals surface area contributed by atoms with Crippen LogP contribution in [0, 0.1) is 6.92 Å². The third kappa shape index (κ3) is 1.92. The van der Waals surface area contributed by atoms with Crippen LogP contribution in [0.5, 0.6) is 0 Å². The normalized spacial score (nSPS) is 9.71. The van der Waals surface area contributed by atoms with Crippen molar-refractivity contribution >= 4 is 5.65 Å². The van der Waals surface area contributed by atoms with E-state index in [1.165, 1.54) is 0 Å². The molecule has 2 aromatic rings. The molecule has 0 unspecified atom stereocenters. The third-order valence-corrected chi connectivity index (χ3v) is 1.97. The first kappa shape index (κ1) is 10.7. The first-order valence-electron chi connectivity index (χ1n) is 5.11. The number of rotatable bonds is 1. The minimum absolute atomic E-state index is 0.967. The highest BCUT2D eigenvalue weighted by Crippen LogP contribution is 2.06. The lowest BCUT2D eigenvalue weighted by molar-refractivity contribution is 0.912. The van der Waals surface area contributed by atoms with Crippen molar-refractivity contribution in [1.82, 2.24) is 14.6 Å². The van der Waals surface area contributed by atoms with Crippen molar-refractivity contribution in [2.24, 2.45) is 0 Å². The Morgan fingerprint density at radius 3 is 2.71 bits per heavy atom. The summed E-state index contributed by atoms with van der Waals surface area (Å²) in [5, 5.41) is 4.15. The van der Waals surface area contributed by atoms with Gasteiger partial charge in [0.05, 0.1) is 6.20 Å². The number of aromatic nitrogens is 3. The van der Waals surface area contributed by atoms with Gasteiger partial charge < -0.3 is 0 Å². The summed E-state index contributed by atoms with van der Waals surface area (Å²) in [6.07, 6.45) is 4.76. The van der Waals surface area contributed by atoms with Crippen molar-refractivity contribution in [3.05, 3.63) is 29.7 Å². The highest BCUT2D eigenvalue weighted by molar-refractivity contribution is 5.45. The molecule has 0 fully saturated rings. The molecule has 0 bridgehead atoms. The van der Waals surface area contributed by atoms with Gasteiger partial charge in [0.2, 0.25) is 0 Å². The van der Waals surface area contributed by atoms with Gasteiger partial charge in [0.1, 0.15) is 0 Å². The van der Waals surface area contributed by atoms with Gasteiger partial charge in [0, 0.05) is 17.5 Å². The Morgan fingerprint density at radius 1 is 1.36 bits per heavy atom. The van der Waals surface area contributed by atoms with Crippen LogP contribution in [0.1, 0.15) is 32.0 Å². The molecule has 3 nitrogen and oxygen atoms in total. The maximum Gasteiger partial charge on any atom is 0.158 e. The zero-order chi connectivity index (χ0) is 10.6. The molecule has 0 aliphatic heterocycles. The summed E-state index contributed by atoms with van der Waals surface area (Å²) in [6.45, 7) is 8.12. The molecule has 0 aliphatic carbocycles. The maximum atomic E-state index is 4.45. The highest BCUT2D eigenvalue weighted by Gasteiger charge is 2.00. The van der Waals surface area contributed by atoms with Crippen LogP contribution in [0.25, 0.3) is 5.65 Å². The second kappa shape index (κ2) is 4.74. The van der Waals surface area contributed by atoms with Crippen molar-refractivity contribution in [1.29, 1.82) is 0 Å². The summed E-state index contributed by atoms with van der Waals surface area (Å²) in [5.41, 5.74) is 3.21. The van der Waals surface area contributed by atoms with Crippen LogP contribution in [0.2, 0.25) is 0 Å². The number of hydrogen-bond acceptors (Lipinski definition) is 2. The lowest BCUT2D eigenvalue weighted by Gasteiger charge is -1.96. The summed E-state index contributed by atoms with van der Waals surface area (Å²) < 4.78 is 1.80. The van der Waals surface area contributed by atoms with Crippen molar-refractivity contribution in [3.8, 4) is 0 Å². The fraction of sp³-hybridized carbons (Fsp3) is 0.455. The van der Waals surface area contributed by atoms with Crippen molar-refractivity contribution in [2.75, 3.05) is 0 Å². The van der Waals surface area contributed by atoms with Crippen LogP contribution in [0.15, 0.2) is 18.5 Å². The van der Waals surface area contributed by atoms with E-state index < -0.39 is 0 Å². The fourth-order valence-corrected chi connectivity index (χ4v) is 1.22. The lowest BCUT2D eigenvalue weighted by atomic mass is 10.3. The quantitative estimate of drug-likeness (QED) is 0.693. The second-order valence-electron chi connectivity index (χ2n) is 2.87. The molecule has 2 aromatic heterocycles. The molecule has 0 amide bonds. The Morgan fingerprint density at radius 2 is 2.07 bits per heavy atom. The van der Waals surface area contributed by atoms with Crippen LogP contribution in [0.4, 0.5) is 0 Å². The molecule has 0 saturated carbocycles. The Bertz CT molecular complexity index is 404. The minimum atomic E-state index is 0.967. The molecular weight excluding hydrogens is 174 g/mol. The first-order valence-corrected chi connectivity index (χ1v) is 5.11. The molecular formula is C11H17N3. The first-order chi connectivity index (χ1) is 6.81. The lowest BCUT2D eigenvalue weighted by Crippen LogP contribution is -1.93. The minimum Gasteiger partial charge on any atom is -0.233 e. The summed E-state index contributed by atoms with van der Waals surface area (Å²) in [6, 6.07) is 2.00. The van der Waals surface area contributed by atoms with Gasteiger partial charge in [-0.3, -0.25) is 0 Å². The van der Waals surface area contributed by atoms with Crippen molar-refractivity contribution in [2.45, 2.75) is 34.1 Å². The van der Waals surface area contributed by atoms with Gasteiger partial charge in [0.25, 0.3) is 0 Å². The van der Waals surface area contributed by atoms with Gasteiger partial charge >= 0.3 is 0 Å². The molecule has 3 heteroatoms. The van der Waals surface area contributed by atoms with Crippen LogP contribution in [-0.4, -0.2) is 14.6 Å². The van der Waals surface area contributed by atoms with E-state index in [-0.39, 0.29) is 0 Å². The Labute approximate surface area is 84.8 Å². The molecule has 0 N–H and O–H groups in total. The summed E-state index contributed by atoms with van der Waals surface area (Å²) >= 11 is 0. The molecule has 76 valence electrons. The van der Waals surface area contributed by atoms with Gasteiger partial charge in [-0.2, -0.15) is 5.10 Å². The zero-order valence-corrected chi connectivity index (χ0v) is 9.28. The summed E-state index contributed by atoms with van der Waals surface area (Å²) in [5.74, 6) is 0. The van der Waals surface area contributed by atoms with E-state index in [0.717, 1.165) is 23.3 Å². The van der Waals surface area contributed by atoms with Crippen LogP contribution >= 0.6 is 0 Å². The molecule has 2 rings (SSSR count). The second-order valence-corrected chi connectivity index (χ2v) is 2.87. The van der Waals surface area contributed by atoms with Crippen LogP contribution in [0.3, 0.4) is 0 Å². The monoisotopic (exact) mass is 191 g/mol. The average molecular weight is 191 g/mol. The van der Waals surface area contributed by atoms with E-state index in [4.69, 9.17) is 0 Å². The Kier molecular flexibility index (Phi) is 3.63. The fourth-order valence-electron chi connectivity index (χ4n) is 1.22. The number of fused-ring (bicyclic) bond motifs is 1. The highest BCUT2D eigenvalue weighted by atomic mass is 15.2. The standard InChI is InChI=1S/C9H11N3.C2H6/c1-3-8-4-5-12-9(11-8)7(2)6-10-12;1-2/h4-6H,3H2,1-2H3;1-2H3. The Hall–Kier alpha value is -1.38.